The van der Waals surface area contributed by atoms with E-state index in [1.165, 1.54) is 15.5 Å². The first-order chi connectivity index (χ1) is 15.2. The molecule has 2 aromatic carbocycles. The SMILES string of the molecule is CCC(=O)c1ccc2c(c1)N(CCCN(C)C)c1ccccc1S2.O=C(O)C=CC(=O)O. The fourth-order valence-corrected chi connectivity index (χ4v) is 4.21. The summed E-state index contributed by atoms with van der Waals surface area (Å²) in [5, 5.41) is 15.6. The molecule has 1 aliphatic heterocycles. The van der Waals surface area contributed by atoms with Crippen LogP contribution in [0, 0.1) is 0 Å². The molecule has 0 atom stereocenters. The number of Topliss-reactive ketones (excluding diaryl/α,β-unsaturated/α-hetero) is 1. The van der Waals surface area contributed by atoms with Crippen molar-refractivity contribution in [3.63, 3.8) is 0 Å². The first-order valence-corrected chi connectivity index (χ1v) is 11.0. The molecule has 0 unspecified atom stereocenters. The Bertz CT molecular complexity index is 988. The summed E-state index contributed by atoms with van der Waals surface area (Å²) in [4.78, 5) is 38.3. The maximum Gasteiger partial charge on any atom is 0.328 e. The second kappa shape index (κ2) is 12.1. The molecule has 1 aliphatic rings. The Balaban J connectivity index is 0.000000390. The van der Waals surface area contributed by atoms with Crippen LogP contribution in [0.3, 0.4) is 0 Å². The van der Waals surface area contributed by atoms with Crippen LogP contribution in [0.1, 0.15) is 30.1 Å². The average Bonchev–Trinajstić information content (AvgIpc) is 2.76. The molecular formula is C24H28N2O5S. The Labute approximate surface area is 192 Å². The third-order valence-corrected chi connectivity index (χ3v) is 5.75. The summed E-state index contributed by atoms with van der Waals surface area (Å²) in [6.45, 7) is 3.92. The Morgan fingerprint density at radius 1 is 0.969 bits per heavy atom. The Morgan fingerprint density at radius 2 is 1.59 bits per heavy atom. The van der Waals surface area contributed by atoms with Crippen molar-refractivity contribution in [3.05, 3.63) is 60.2 Å². The van der Waals surface area contributed by atoms with Gasteiger partial charge in [-0.1, -0.05) is 36.9 Å². The van der Waals surface area contributed by atoms with Gasteiger partial charge in [0.25, 0.3) is 0 Å². The highest BCUT2D eigenvalue weighted by molar-refractivity contribution is 7.99. The predicted molar refractivity (Wildman–Crippen MR) is 126 cm³/mol. The molecule has 0 bridgehead atoms. The second-order valence-electron chi connectivity index (χ2n) is 7.35. The maximum absolute atomic E-state index is 12.1. The molecule has 0 spiro atoms. The number of hydrogen-bond donors (Lipinski definition) is 2. The third kappa shape index (κ3) is 7.25. The third-order valence-electron chi connectivity index (χ3n) is 4.62. The molecule has 7 nitrogen and oxygen atoms in total. The molecule has 8 heteroatoms. The van der Waals surface area contributed by atoms with Crippen molar-refractivity contribution < 1.29 is 24.6 Å². The van der Waals surface area contributed by atoms with E-state index in [-0.39, 0.29) is 5.78 Å². The number of ketones is 1. The van der Waals surface area contributed by atoms with E-state index in [0.29, 0.717) is 18.6 Å². The monoisotopic (exact) mass is 456 g/mol. The van der Waals surface area contributed by atoms with Gasteiger partial charge >= 0.3 is 11.9 Å². The lowest BCUT2D eigenvalue weighted by Gasteiger charge is -2.33. The molecule has 2 N–H and O–H groups in total. The van der Waals surface area contributed by atoms with Gasteiger partial charge in [0, 0.05) is 40.5 Å². The minimum atomic E-state index is -1.26. The number of hydrogen-bond acceptors (Lipinski definition) is 6. The summed E-state index contributed by atoms with van der Waals surface area (Å²) in [6.07, 6.45) is 2.74. The minimum Gasteiger partial charge on any atom is -0.478 e. The number of nitrogens with zero attached hydrogens (tertiary/aromatic N) is 2. The molecule has 0 fully saturated rings. The smallest absolute Gasteiger partial charge is 0.328 e. The molecule has 1 heterocycles. The normalized spacial score (nSPS) is 12.1. The van der Waals surface area contributed by atoms with Crippen LogP contribution >= 0.6 is 11.8 Å². The van der Waals surface area contributed by atoms with E-state index in [1.807, 2.05) is 13.0 Å². The molecule has 0 saturated carbocycles. The molecule has 32 heavy (non-hydrogen) atoms. The number of rotatable bonds is 8. The predicted octanol–water partition coefficient (Wildman–Crippen LogP) is 4.55. The number of carbonyl (C=O) groups excluding carboxylic acids is 1. The van der Waals surface area contributed by atoms with Gasteiger partial charge in [0.05, 0.1) is 11.4 Å². The Kier molecular flexibility index (Phi) is 9.49. The quantitative estimate of drug-likeness (QED) is 0.441. The number of anilines is 2. The van der Waals surface area contributed by atoms with Crippen LogP contribution in [0.4, 0.5) is 11.4 Å². The fourth-order valence-electron chi connectivity index (χ4n) is 3.14. The van der Waals surface area contributed by atoms with Gasteiger partial charge in [0.1, 0.15) is 0 Å². The second-order valence-corrected chi connectivity index (χ2v) is 8.43. The van der Waals surface area contributed by atoms with Crippen molar-refractivity contribution in [2.24, 2.45) is 0 Å². The zero-order valence-electron chi connectivity index (χ0n) is 18.4. The number of carboxylic acid groups (broad SMARTS) is 2. The number of fused-ring (bicyclic) bond motifs is 2. The van der Waals surface area contributed by atoms with Gasteiger partial charge in [0.2, 0.25) is 0 Å². The number of carboxylic acids is 2. The molecule has 0 radical (unpaired) electrons. The zero-order valence-corrected chi connectivity index (χ0v) is 19.3. The van der Waals surface area contributed by atoms with E-state index in [2.05, 4.69) is 60.3 Å². The van der Waals surface area contributed by atoms with Crippen molar-refractivity contribution in [1.82, 2.24) is 4.90 Å². The highest BCUT2D eigenvalue weighted by Crippen LogP contribution is 2.48. The van der Waals surface area contributed by atoms with Crippen LogP contribution in [0.2, 0.25) is 0 Å². The van der Waals surface area contributed by atoms with E-state index in [0.717, 1.165) is 30.8 Å². The van der Waals surface area contributed by atoms with Crippen molar-refractivity contribution in [2.45, 2.75) is 29.6 Å². The largest absolute Gasteiger partial charge is 0.478 e. The molecule has 3 rings (SSSR count). The van der Waals surface area contributed by atoms with E-state index >= 15 is 0 Å². The number of aliphatic carboxylic acids is 2. The van der Waals surface area contributed by atoms with Crippen LogP contribution in [-0.4, -0.2) is 60.0 Å². The van der Waals surface area contributed by atoms with Gasteiger partial charge in [-0.2, -0.15) is 0 Å². The standard InChI is InChI=1S/C20H24N2OS.C4H4O4/c1-4-18(23)15-10-11-20-17(14-15)22(13-7-12-21(2)3)16-8-5-6-9-19(16)24-20;5-3(6)1-2-4(7)8/h5-6,8-11,14H,4,7,12-13H2,1-3H3;1-2H,(H,5,6)(H,7,8). The fraction of sp³-hybridized carbons (Fsp3) is 0.292. The van der Waals surface area contributed by atoms with Gasteiger partial charge in [-0.25, -0.2) is 9.59 Å². The highest BCUT2D eigenvalue weighted by atomic mass is 32.2. The lowest BCUT2D eigenvalue weighted by molar-refractivity contribution is -0.134. The summed E-state index contributed by atoms with van der Waals surface area (Å²) in [7, 11) is 4.21. The summed E-state index contributed by atoms with van der Waals surface area (Å²) >= 11 is 1.79. The van der Waals surface area contributed by atoms with Gasteiger partial charge in [-0.15, -0.1) is 0 Å². The van der Waals surface area contributed by atoms with Crippen LogP contribution in [0.15, 0.2) is 64.4 Å². The lowest BCUT2D eigenvalue weighted by atomic mass is 10.1. The molecule has 0 aromatic heterocycles. The van der Waals surface area contributed by atoms with Crippen molar-refractivity contribution in [2.75, 3.05) is 32.1 Å². The molecule has 0 amide bonds. The van der Waals surface area contributed by atoms with E-state index in [1.54, 1.807) is 11.8 Å². The molecular weight excluding hydrogens is 428 g/mol. The zero-order chi connectivity index (χ0) is 23.7. The Hall–Kier alpha value is -3.10. The van der Waals surface area contributed by atoms with Gasteiger partial charge in [-0.05, 0) is 51.3 Å². The maximum atomic E-state index is 12.1. The summed E-state index contributed by atoms with van der Waals surface area (Å²) < 4.78 is 0. The number of benzene rings is 2. The van der Waals surface area contributed by atoms with E-state index in [9.17, 15) is 14.4 Å². The lowest BCUT2D eigenvalue weighted by Crippen LogP contribution is -2.25. The first-order valence-electron chi connectivity index (χ1n) is 10.2. The van der Waals surface area contributed by atoms with Crippen LogP contribution in [-0.2, 0) is 9.59 Å². The van der Waals surface area contributed by atoms with E-state index < -0.39 is 11.9 Å². The summed E-state index contributed by atoms with van der Waals surface area (Å²) in [5.41, 5.74) is 3.22. The van der Waals surface area contributed by atoms with Crippen LogP contribution in [0.5, 0.6) is 0 Å². The van der Waals surface area contributed by atoms with Gasteiger partial charge < -0.3 is 20.0 Å². The number of para-hydroxylation sites is 1. The topological polar surface area (TPSA) is 98.2 Å². The highest BCUT2D eigenvalue weighted by Gasteiger charge is 2.23. The van der Waals surface area contributed by atoms with E-state index in [4.69, 9.17) is 10.2 Å². The summed E-state index contributed by atoms with van der Waals surface area (Å²) in [5.74, 6) is -2.31. The molecule has 0 aliphatic carbocycles. The first kappa shape index (κ1) is 25.2. The molecule has 170 valence electrons. The van der Waals surface area contributed by atoms with Crippen LogP contribution in [0.25, 0.3) is 0 Å². The van der Waals surface area contributed by atoms with Gasteiger partial charge in [-0.3, -0.25) is 4.79 Å². The van der Waals surface area contributed by atoms with Gasteiger partial charge in [0.15, 0.2) is 5.78 Å². The summed E-state index contributed by atoms with van der Waals surface area (Å²) in [6, 6.07) is 14.7. The molecule has 2 aromatic rings. The van der Waals surface area contributed by atoms with Crippen molar-refractivity contribution in [1.29, 1.82) is 0 Å². The Morgan fingerprint density at radius 3 is 2.19 bits per heavy atom. The minimum absolute atomic E-state index is 0.204. The number of carbonyl (C=O) groups is 3. The van der Waals surface area contributed by atoms with Crippen molar-refractivity contribution in [3.8, 4) is 0 Å². The van der Waals surface area contributed by atoms with Crippen LogP contribution < -0.4 is 4.90 Å². The van der Waals surface area contributed by atoms with Crippen molar-refractivity contribution >= 4 is 40.9 Å². The average molecular weight is 457 g/mol. The molecule has 0 saturated heterocycles.